The number of hydrogen-bond donors (Lipinski definition) is 1. The Labute approximate surface area is 145 Å². The lowest BCUT2D eigenvalue weighted by Crippen LogP contribution is -2.52. The Morgan fingerprint density at radius 2 is 1.64 bits per heavy atom. The molecule has 1 N–H and O–H groups in total. The van der Waals surface area contributed by atoms with Gasteiger partial charge in [0.25, 0.3) is 0 Å². The fourth-order valence-corrected chi connectivity index (χ4v) is 4.53. The number of methoxy groups -OCH3 is 1. The summed E-state index contributed by atoms with van der Waals surface area (Å²) in [6, 6.07) is 7.08. The molecule has 0 amide bonds. The highest BCUT2D eigenvalue weighted by Crippen LogP contribution is 2.54. The zero-order valence-electron chi connectivity index (χ0n) is 14.1. The summed E-state index contributed by atoms with van der Waals surface area (Å²) in [6.07, 6.45) is 1.22. The van der Waals surface area contributed by atoms with E-state index in [4.69, 9.17) is 14.2 Å². The minimum atomic E-state index is -0.370. The van der Waals surface area contributed by atoms with Crippen LogP contribution in [-0.2, 0) is 12.8 Å². The molecule has 0 aliphatic carbocycles. The van der Waals surface area contributed by atoms with Gasteiger partial charge in [-0.15, -0.1) is 0 Å². The van der Waals surface area contributed by atoms with E-state index in [0.29, 0.717) is 24.3 Å². The van der Waals surface area contributed by atoms with Crippen molar-refractivity contribution in [1.82, 2.24) is 0 Å². The Bertz CT molecular complexity index is 892. The van der Waals surface area contributed by atoms with E-state index in [9.17, 15) is 10.3 Å². The minimum Gasteiger partial charge on any atom is -0.632 e. The molecule has 130 valence electrons. The Hall–Kier alpha value is -2.44. The number of rotatable bonds is 1. The lowest BCUT2D eigenvalue weighted by Gasteiger charge is -2.57. The van der Waals surface area contributed by atoms with Crippen molar-refractivity contribution >= 4 is 0 Å². The number of nitrogens with zero attached hydrogens (tertiary/aromatic N) is 1. The second kappa shape index (κ2) is 4.80. The van der Waals surface area contributed by atoms with Gasteiger partial charge in [0.05, 0.1) is 14.2 Å². The first-order chi connectivity index (χ1) is 12.0. The van der Waals surface area contributed by atoms with Gasteiger partial charge in [-0.2, -0.15) is 0 Å². The molecule has 3 aliphatic heterocycles. The van der Waals surface area contributed by atoms with Crippen molar-refractivity contribution in [3.8, 4) is 23.0 Å². The highest BCUT2D eigenvalue weighted by atomic mass is 16.7. The van der Waals surface area contributed by atoms with Gasteiger partial charge in [0.1, 0.15) is 12.1 Å². The van der Waals surface area contributed by atoms with Crippen molar-refractivity contribution in [3.05, 3.63) is 51.7 Å². The molecule has 0 radical (unpaired) electrons. The van der Waals surface area contributed by atoms with Gasteiger partial charge < -0.3 is 29.2 Å². The molecule has 2 bridgehead atoms. The summed E-state index contributed by atoms with van der Waals surface area (Å²) in [7, 11) is 3.27. The van der Waals surface area contributed by atoms with Gasteiger partial charge in [0.2, 0.25) is 6.79 Å². The van der Waals surface area contributed by atoms with E-state index >= 15 is 0 Å². The second-order valence-electron chi connectivity index (χ2n) is 7.13. The van der Waals surface area contributed by atoms with Crippen LogP contribution in [0.4, 0.5) is 0 Å². The number of fused-ring (bicyclic) bond motifs is 7. The van der Waals surface area contributed by atoms with Crippen molar-refractivity contribution in [3.63, 3.8) is 0 Å². The molecule has 3 heterocycles. The average molecular weight is 341 g/mol. The van der Waals surface area contributed by atoms with Gasteiger partial charge in [-0.25, -0.2) is 0 Å². The Morgan fingerprint density at radius 1 is 1.04 bits per heavy atom. The number of ether oxygens (including phenoxy) is 3. The molecule has 2 aromatic carbocycles. The van der Waals surface area contributed by atoms with Gasteiger partial charge in [-0.1, -0.05) is 0 Å². The van der Waals surface area contributed by atoms with Crippen LogP contribution in [0.1, 0.15) is 34.3 Å². The zero-order valence-corrected chi connectivity index (χ0v) is 14.1. The number of likely N-dealkylation sites (N-methyl/N-ethyl adjacent to an activating group) is 1. The summed E-state index contributed by atoms with van der Waals surface area (Å²) in [5, 5.41) is 23.7. The summed E-state index contributed by atoms with van der Waals surface area (Å²) in [5.74, 6) is 1.99. The van der Waals surface area contributed by atoms with Crippen LogP contribution in [0.2, 0.25) is 0 Å². The Balaban J connectivity index is 1.69. The molecule has 25 heavy (non-hydrogen) atoms. The lowest BCUT2D eigenvalue weighted by molar-refractivity contribution is -0.927. The third-order valence-electron chi connectivity index (χ3n) is 5.86. The van der Waals surface area contributed by atoms with E-state index < -0.39 is 0 Å². The van der Waals surface area contributed by atoms with E-state index in [-0.39, 0.29) is 29.3 Å². The SMILES string of the molecule is COc1cc2c(cc1O)C1Cc3cc4c(cc3C(C2)[N+]1(C)[O-])OCO4. The van der Waals surface area contributed by atoms with E-state index in [0.717, 1.165) is 28.0 Å². The third-order valence-corrected chi connectivity index (χ3v) is 5.86. The zero-order chi connectivity index (χ0) is 17.3. The summed E-state index contributed by atoms with van der Waals surface area (Å²) in [5.41, 5.74) is 4.15. The molecule has 0 fully saturated rings. The van der Waals surface area contributed by atoms with Crippen LogP contribution >= 0.6 is 0 Å². The molecule has 3 atom stereocenters. The highest BCUT2D eigenvalue weighted by molar-refractivity contribution is 5.54. The minimum absolute atomic E-state index is 0.0798. The molecule has 0 saturated heterocycles. The first-order valence-corrected chi connectivity index (χ1v) is 8.38. The molecule has 6 heteroatoms. The molecule has 3 unspecified atom stereocenters. The van der Waals surface area contributed by atoms with Crippen LogP contribution in [0.15, 0.2) is 24.3 Å². The quantitative estimate of drug-likeness (QED) is 0.638. The van der Waals surface area contributed by atoms with Crippen LogP contribution in [-0.4, -0.2) is 30.7 Å². The monoisotopic (exact) mass is 341 g/mol. The summed E-state index contributed by atoms with van der Waals surface area (Å²) in [4.78, 5) is 0. The molecule has 5 rings (SSSR count). The normalized spacial score (nSPS) is 28.3. The van der Waals surface area contributed by atoms with Gasteiger partial charge in [-0.3, -0.25) is 0 Å². The van der Waals surface area contributed by atoms with Crippen LogP contribution in [0, 0.1) is 5.21 Å². The summed E-state index contributed by atoms with van der Waals surface area (Å²) >= 11 is 0. The van der Waals surface area contributed by atoms with E-state index in [1.807, 2.05) is 18.2 Å². The molecule has 2 aromatic rings. The number of hydrogen-bond acceptors (Lipinski definition) is 5. The largest absolute Gasteiger partial charge is 0.632 e. The van der Waals surface area contributed by atoms with E-state index in [1.54, 1.807) is 13.1 Å². The van der Waals surface area contributed by atoms with E-state index in [2.05, 4.69) is 0 Å². The smallest absolute Gasteiger partial charge is 0.231 e. The average Bonchev–Trinajstić information content (AvgIpc) is 3.02. The predicted octanol–water partition coefficient (Wildman–Crippen LogP) is 2.97. The van der Waals surface area contributed by atoms with Gasteiger partial charge in [0.15, 0.2) is 23.0 Å². The molecule has 3 aliphatic rings. The second-order valence-corrected chi connectivity index (χ2v) is 7.13. The molecule has 0 aromatic heterocycles. The number of phenols is 1. The van der Waals surface area contributed by atoms with Crippen LogP contribution in [0.3, 0.4) is 0 Å². The molecule has 6 nitrogen and oxygen atoms in total. The first kappa shape index (κ1) is 14.9. The maximum atomic E-state index is 13.5. The molecule has 0 spiro atoms. The molecule has 0 saturated carbocycles. The summed E-state index contributed by atoms with van der Waals surface area (Å²) in [6.45, 7) is 0.223. The van der Waals surface area contributed by atoms with Crippen molar-refractivity contribution in [1.29, 1.82) is 0 Å². The maximum absolute atomic E-state index is 13.5. The van der Waals surface area contributed by atoms with Crippen LogP contribution in [0.25, 0.3) is 0 Å². The highest BCUT2D eigenvalue weighted by Gasteiger charge is 2.47. The fourth-order valence-electron chi connectivity index (χ4n) is 4.53. The molecular weight excluding hydrogens is 322 g/mol. The number of quaternary nitrogens is 1. The number of aromatic hydroxyl groups is 1. The van der Waals surface area contributed by atoms with Crippen LogP contribution in [0.5, 0.6) is 23.0 Å². The number of benzene rings is 2. The Morgan fingerprint density at radius 3 is 2.32 bits per heavy atom. The van der Waals surface area contributed by atoms with Gasteiger partial charge >= 0.3 is 0 Å². The lowest BCUT2D eigenvalue weighted by atomic mass is 9.76. The summed E-state index contributed by atoms with van der Waals surface area (Å²) < 4.78 is 15.9. The topological polar surface area (TPSA) is 71.0 Å². The van der Waals surface area contributed by atoms with Crippen molar-refractivity contribution in [2.24, 2.45) is 0 Å². The number of phenolic OH excluding ortho intramolecular Hbond substituents is 1. The van der Waals surface area contributed by atoms with Gasteiger partial charge in [0, 0.05) is 24.0 Å². The van der Waals surface area contributed by atoms with Crippen molar-refractivity contribution < 1.29 is 24.0 Å². The standard InChI is InChI=1S/C19H19NO5/c1-20(22)14-4-11-6-18-19(25-9-24-18)8-13(11)15(20)3-10-5-17(23-2)16(21)7-12(10)14/h5-8,14-15,21H,3-4,9H2,1-2H3. The van der Waals surface area contributed by atoms with Gasteiger partial charge in [-0.05, 0) is 35.4 Å². The van der Waals surface area contributed by atoms with Crippen molar-refractivity contribution in [2.75, 3.05) is 21.0 Å². The Kier molecular flexibility index (Phi) is 2.86. The van der Waals surface area contributed by atoms with Crippen LogP contribution < -0.4 is 14.2 Å². The fraction of sp³-hybridized carbons (Fsp3) is 0.368. The first-order valence-electron chi connectivity index (χ1n) is 8.38. The maximum Gasteiger partial charge on any atom is 0.231 e. The van der Waals surface area contributed by atoms with Crippen molar-refractivity contribution in [2.45, 2.75) is 24.9 Å². The number of hydroxylamine groups is 3. The van der Waals surface area contributed by atoms with E-state index in [1.165, 1.54) is 7.11 Å². The predicted molar refractivity (Wildman–Crippen MR) is 89.7 cm³/mol. The third kappa shape index (κ3) is 1.92. The molecular formula is C19H19NO5.